The molecule has 0 bridgehead atoms. The first-order valence-electron chi connectivity index (χ1n) is 7.81. The van der Waals surface area contributed by atoms with Crippen LogP contribution in [0.4, 0.5) is 9.59 Å². The van der Waals surface area contributed by atoms with Crippen LogP contribution in [0.3, 0.4) is 0 Å². The molecular weight excluding hydrogens is 340 g/mol. The molecule has 1 aromatic carbocycles. The summed E-state index contributed by atoms with van der Waals surface area (Å²) in [5.74, 6) is -0.750. The smallest absolute Gasteiger partial charge is 0.348 e. The van der Waals surface area contributed by atoms with Crippen molar-refractivity contribution in [1.82, 2.24) is 15.2 Å². The molecule has 1 aliphatic heterocycles. The molecule has 3 rings (SSSR count). The number of nitrogens with zero attached hydrogens (tertiary/aromatic N) is 3. The summed E-state index contributed by atoms with van der Waals surface area (Å²) in [4.78, 5) is 37.0. The van der Waals surface area contributed by atoms with Crippen molar-refractivity contribution < 1.29 is 23.9 Å². The molecule has 1 fully saturated rings. The number of hydrazone groups is 1. The maximum atomic E-state index is 12.4. The van der Waals surface area contributed by atoms with E-state index >= 15 is 0 Å². The van der Waals surface area contributed by atoms with Crippen molar-refractivity contribution in [2.24, 2.45) is 5.10 Å². The summed E-state index contributed by atoms with van der Waals surface area (Å²) < 4.78 is 5.09. The molecule has 1 saturated heterocycles. The van der Waals surface area contributed by atoms with E-state index in [-0.39, 0.29) is 13.1 Å². The van der Waals surface area contributed by atoms with E-state index in [1.807, 2.05) is 0 Å². The molecule has 1 aromatic heterocycles. The van der Waals surface area contributed by atoms with E-state index in [1.165, 1.54) is 12.5 Å². The lowest BCUT2D eigenvalue weighted by atomic mass is 10.1. The highest BCUT2D eigenvalue weighted by Crippen LogP contribution is 2.15. The highest BCUT2D eigenvalue weighted by molar-refractivity contribution is 5.96. The SMILES string of the molecule is O=C(O)[C@H](NC(=O)N1CCN(N=Cc2ccco2)C1=O)c1ccccc1. The number of hydrogen-bond donors (Lipinski definition) is 2. The third-order valence-electron chi connectivity index (χ3n) is 3.75. The number of rotatable bonds is 5. The maximum Gasteiger partial charge on any atom is 0.348 e. The lowest BCUT2D eigenvalue weighted by molar-refractivity contribution is -0.139. The van der Waals surface area contributed by atoms with E-state index in [2.05, 4.69) is 10.4 Å². The maximum absolute atomic E-state index is 12.4. The van der Waals surface area contributed by atoms with Crippen LogP contribution in [0.25, 0.3) is 0 Å². The summed E-state index contributed by atoms with van der Waals surface area (Å²) in [6.07, 6.45) is 2.84. The number of amides is 4. The van der Waals surface area contributed by atoms with Crippen molar-refractivity contribution in [3.8, 4) is 0 Å². The summed E-state index contributed by atoms with van der Waals surface area (Å²) in [6.45, 7) is 0.299. The Labute approximate surface area is 148 Å². The third-order valence-corrected chi connectivity index (χ3v) is 3.75. The molecule has 1 aliphatic rings. The van der Waals surface area contributed by atoms with E-state index in [0.29, 0.717) is 11.3 Å². The molecule has 4 amide bonds. The molecule has 1 atom stereocenters. The van der Waals surface area contributed by atoms with Crippen molar-refractivity contribution in [2.45, 2.75) is 6.04 Å². The zero-order valence-electron chi connectivity index (χ0n) is 13.6. The van der Waals surface area contributed by atoms with Crippen LogP contribution in [0, 0.1) is 0 Å². The van der Waals surface area contributed by atoms with Gasteiger partial charge in [0.2, 0.25) is 0 Å². The topological polar surface area (TPSA) is 115 Å². The Hall–Kier alpha value is -3.62. The molecule has 9 heteroatoms. The fourth-order valence-corrected chi connectivity index (χ4v) is 2.45. The Bertz CT molecular complexity index is 819. The monoisotopic (exact) mass is 356 g/mol. The predicted octanol–water partition coefficient (Wildman–Crippen LogP) is 1.89. The summed E-state index contributed by atoms with van der Waals surface area (Å²) in [6, 6.07) is 8.93. The second kappa shape index (κ2) is 7.51. The van der Waals surface area contributed by atoms with Crippen molar-refractivity contribution in [3.05, 3.63) is 60.1 Å². The number of urea groups is 2. The molecule has 2 aromatic rings. The zero-order valence-corrected chi connectivity index (χ0v) is 13.6. The zero-order chi connectivity index (χ0) is 18.5. The van der Waals surface area contributed by atoms with Gasteiger partial charge in [0.1, 0.15) is 5.76 Å². The van der Waals surface area contributed by atoms with Gasteiger partial charge in [-0.05, 0) is 17.7 Å². The number of aliphatic carboxylic acids is 1. The van der Waals surface area contributed by atoms with Gasteiger partial charge < -0.3 is 14.8 Å². The number of carbonyl (C=O) groups excluding carboxylic acids is 2. The normalized spacial score (nSPS) is 15.5. The fourth-order valence-electron chi connectivity index (χ4n) is 2.45. The molecule has 2 N–H and O–H groups in total. The lowest BCUT2D eigenvalue weighted by Crippen LogP contribution is -2.45. The molecule has 0 spiro atoms. The van der Waals surface area contributed by atoms with Gasteiger partial charge in [-0.15, -0.1) is 0 Å². The van der Waals surface area contributed by atoms with E-state index in [9.17, 15) is 19.5 Å². The van der Waals surface area contributed by atoms with Crippen molar-refractivity contribution >= 4 is 24.2 Å². The molecular formula is C17H16N4O5. The van der Waals surface area contributed by atoms with E-state index in [1.54, 1.807) is 42.5 Å². The van der Waals surface area contributed by atoms with Crippen LogP contribution in [0.5, 0.6) is 0 Å². The average Bonchev–Trinajstić information content (AvgIpc) is 3.28. The Morgan fingerprint density at radius 2 is 1.96 bits per heavy atom. The minimum atomic E-state index is -1.25. The van der Waals surface area contributed by atoms with Crippen LogP contribution in [-0.4, -0.2) is 52.4 Å². The van der Waals surface area contributed by atoms with Crippen LogP contribution < -0.4 is 5.32 Å². The molecule has 2 heterocycles. The van der Waals surface area contributed by atoms with Gasteiger partial charge in [0.05, 0.1) is 25.6 Å². The minimum absolute atomic E-state index is 0.0985. The first-order valence-corrected chi connectivity index (χ1v) is 7.81. The standard InChI is InChI=1S/C17H16N4O5/c22-15(23)14(12-5-2-1-3-6-12)19-16(24)20-8-9-21(17(20)25)18-11-13-7-4-10-26-13/h1-7,10-11,14H,8-9H2,(H,19,24)(H,22,23)/t14-/m1/s1. The second-order valence-corrected chi connectivity index (χ2v) is 5.45. The van der Waals surface area contributed by atoms with Gasteiger partial charge in [0.15, 0.2) is 6.04 Å². The molecule has 134 valence electrons. The van der Waals surface area contributed by atoms with Gasteiger partial charge in [-0.1, -0.05) is 30.3 Å². The van der Waals surface area contributed by atoms with E-state index in [0.717, 1.165) is 9.91 Å². The molecule has 0 aliphatic carbocycles. The fraction of sp³-hybridized carbons (Fsp3) is 0.176. The first kappa shape index (κ1) is 17.2. The van der Waals surface area contributed by atoms with Gasteiger partial charge in [-0.3, -0.25) is 0 Å². The largest absolute Gasteiger partial charge is 0.479 e. The number of carboxylic acid groups (broad SMARTS) is 1. The molecule has 9 nitrogen and oxygen atoms in total. The number of nitrogens with one attached hydrogen (secondary N) is 1. The molecule has 0 unspecified atom stereocenters. The Kier molecular flexibility index (Phi) is 4.97. The van der Waals surface area contributed by atoms with Gasteiger partial charge in [0, 0.05) is 0 Å². The minimum Gasteiger partial charge on any atom is -0.479 e. The van der Waals surface area contributed by atoms with Crippen LogP contribution >= 0.6 is 0 Å². The number of hydrogen-bond acceptors (Lipinski definition) is 5. The number of benzene rings is 1. The summed E-state index contributed by atoms with van der Waals surface area (Å²) >= 11 is 0. The van der Waals surface area contributed by atoms with E-state index < -0.39 is 24.1 Å². The summed E-state index contributed by atoms with van der Waals surface area (Å²) in [7, 11) is 0. The third kappa shape index (κ3) is 3.72. The molecule has 0 radical (unpaired) electrons. The predicted molar refractivity (Wildman–Crippen MR) is 90.5 cm³/mol. The van der Waals surface area contributed by atoms with Crippen molar-refractivity contribution in [3.63, 3.8) is 0 Å². The summed E-state index contributed by atoms with van der Waals surface area (Å²) in [5, 5.41) is 16.8. The highest BCUT2D eigenvalue weighted by atomic mass is 16.4. The van der Waals surface area contributed by atoms with Crippen molar-refractivity contribution in [1.29, 1.82) is 0 Å². The Balaban J connectivity index is 1.66. The lowest BCUT2D eigenvalue weighted by Gasteiger charge is -2.19. The van der Waals surface area contributed by atoms with Gasteiger partial charge in [-0.25, -0.2) is 24.3 Å². The number of imide groups is 1. The highest BCUT2D eigenvalue weighted by Gasteiger charge is 2.35. The number of furan rings is 1. The van der Waals surface area contributed by atoms with Gasteiger partial charge in [-0.2, -0.15) is 5.10 Å². The van der Waals surface area contributed by atoms with Gasteiger partial charge in [0.25, 0.3) is 0 Å². The summed E-state index contributed by atoms with van der Waals surface area (Å²) in [5.41, 5.74) is 0.410. The molecule has 26 heavy (non-hydrogen) atoms. The van der Waals surface area contributed by atoms with E-state index in [4.69, 9.17) is 4.42 Å². The average molecular weight is 356 g/mol. The van der Waals surface area contributed by atoms with Crippen LogP contribution in [-0.2, 0) is 4.79 Å². The van der Waals surface area contributed by atoms with Crippen molar-refractivity contribution in [2.75, 3.05) is 13.1 Å². The quantitative estimate of drug-likeness (QED) is 0.794. The van der Waals surface area contributed by atoms with Crippen LogP contribution in [0.1, 0.15) is 17.4 Å². The Morgan fingerprint density at radius 1 is 1.19 bits per heavy atom. The Morgan fingerprint density at radius 3 is 2.62 bits per heavy atom. The number of carboxylic acids is 1. The number of carbonyl (C=O) groups is 3. The first-order chi connectivity index (χ1) is 12.6. The van der Waals surface area contributed by atoms with Gasteiger partial charge >= 0.3 is 18.0 Å². The molecule has 0 saturated carbocycles. The van der Waals surface area contributed by atoms with Crippen LogP contribution in [0.15, 0.2) is 58.2 Å². The second-order valence-electron chi connectivity index (χ2n) is 5.45. The van der Waals surface area contributed by atoms with Crippen LogP contribution in [0.2, 0.25) is 0 Å².